The van der Waals surface area contributed by atoms with Crippen LogP contribution in [0.25, 0.3) is 0 Å². The summed E-state index contributed by atoms with van der Waals surface area (Å²) in [6.45, 7) is 4.30. The van der Waals surface area contributed by atoms with Gasteiger partial charge in [0.2, 0.25) is 5.91 Å². The number of hydrogen-bond acceptors (Lipinski definition) is 4. The van der Waals surface area contributed by atoms with E-state index < -0.39 is 5.66 Å². The number of phenolic OH excluding ortho intramolecular Hbond substituents is 1. The molecule has 2 aliphatic rings. The molecule has 4 rings (SSSR count). The summed E-state index contributed by atoms with van der Waals surface area (Å²) in [6, 6.07) is 15.5. The van der Waals surface area contributed by atoms with Crippen LogP contribution in [0.4, 0.5) is 11.4 Å². The Balaban J connectivity index is 1.73. The molecule has 5 nitrogen and oxygen atoms in total. The Hall–Kier alpha value is -2.69. The fourth-order valence-corrected chi connectivity index (χ4v) is 4.93. The van der Waals surface area contributed by atoms with Gasteiger partial charge >= 0.3 is 0 Å². The van der Waals surface area contributed by atoms with Crippen LogP contribution in [0.5, 0.6) is 5.75 Å². The van der Waals surface area contributed by atoms with Gasteiger partial charge in [-0.05, 0) is 49.4 Å². The third-order valence-electron chi connectivity index (χ3n) is 6.39. The van der Waals surface area contributed by atoms with Gasteiger partial charge in [0.1, 0.15) is 11.4 Å². The van der Waals surface area contributed by atoms with Crippen molar-refractivity contribution in [3.05, 3.63) is 54.1 Å². The molecule has 2 aromatic rings. The van der Waals surface area contributed by atoms with Gasteiger partial charge in [0, 0.05) is 11.6 Å². The van der Waals surface area contributed by atoms with E-state index in [1.54, 1.807) is 12.1 Å². The fraction of sp³-hybridized carbons (Fsp3) is 0.480. The number of aromatic hydroxyl groups is 1. The standard InChI is InChI=1S/C25H33N3O2/c1-17(2)15-21(24(30)26-19-10-4-3-5-11-19)25(18-9-8-12-20(29)16-18)27-22-13-6-7-14-23(22)28-25/h6-9,12-14,16-17,19,21,27-29H,3-5,10-11,15H2,1-2H3,(H,26,30). The van der Waals surface area contributed by atoms with Gasteiger partial charge in [0.25, 0.3) is 0 Å². The molecule has 1 unspecified atom stereocenters. The molecule has 0 spiro atoms. The number of anilines is 2. The molecule has 4 N–H and O–H groups in total. The van der Waals surface area contributed by atoms with Crippen molar-refractivity contribution in [2.45, 2.75) is 64.1 Å². The van der Waals surface area contributed by atoms with E-state index in [9.17, 15) is 9.90 Å². The van der Waals surface area contributed by atoms with Gasteiger partial charge in [-0.3, -0.25) is 4.79 Å². The number of para-hydroxylation sites is 2. The summed E-state index contributed by atoms with van der Waals surface area (Å²) < 4.78 is 0. The second-order valence-electron chi connectivity index (χ2n) is 9.18. The molecule has 1 aliphatic carbocycles. The largest absolute Gasteiger partial charge is 0.508 e. The number of nitrogens with one attached hydrogen (secondary N) is 3. The third-order valence-corrected chi connectivity index (χ3v) is 6.39. The Bertz CT molecular complexity index is 864. The summed E-state index contributed by atoms with van der Waals surface area (Å²) >= 11 is 0. The summed E-state index contributed by atoms with van der Waals surface area (Å²) in [7, 11) is 0. The van der Waals surface area contributed by atoms with Crippen molar-refractivity contribution >= 4 is 17.3 Å². The summed E-state index contributed by atoms with van der Waals surface area (Å²) in [5.41, 5.74) is 1.99. The smallest absolute Gasteiger partial charge is 0.228 e. The molecule has 1 amide bonds. The predicted molar refractivity (Wildman–Crippen MR) is 121 cm³/mol. The van der Waals surface area contributed by atoms with Gasteiger partial charge < -0.3 is 21.1 Å². The highest BCUT2D eigenvalue weighted by atomic mass is 16.3. The van der Waals surface area contributed by atoms with Crippen LogP contribution in [0.15, 0.2) is 48.5 Å². The number of phenols is 1. The van der Waals surface area contributed by atoms with Crippen LogP contribution in [0, 0.1) is 11.8 Å². The number of hydrogen-bond donors (Lipinski definition) is 4. The van der Waals surface area contributed by atoms with Crippen LogP contribution in [-0.2, 0) is 10.5 Å². The van der Waals surface area contributed by atoms with Gasteiger partial charge in [-0.1, -0.05) is 57.4 Å². The zero-order valence-corrected chi connectivity index (χ0v) is 17.9. The van der Waals surface area contributed by atoms with Gasteiger partial charge in [-0.15, -0.1) is 0 Å². The number of benzene rings is 2. The number of fused-ring (bicyclic) bond motifs is 1. The average Bonchev–Trinajstić information content (AvgIpc) is 3.13. The highest BCUT2D eigenvalue weighted by Gasteiger charge is 2.48. The first-order valence-electron chi connectivity index (χ1n) is 11.2. The van der Waals surface area contributed by atoms with Crippen molar-refractivity contribution < 1.29 is 9.90 Å². The van der Waals surface area contributed by atoms with E-state index in [1.165, 1.54) is 19.3 Å². The molecule has 0 bridgehead atoms. The lowest BCUT2D eigenvalue weighted by molar-refractivity contribution is -0.128. The van der Waals surface area contributed by atoms with Crippen LogP contribution < -0.4 is 16.0 Å². The lowest BCUT2D eigenvalue weighted by Crippen LogP contribution is -2.54. The number of carbonyl (C=O) groups excluding carboxylic acids is 1. The molecule has 160 valence electrons. The molecule has 0 aromatic heterocycles. The highest BCUT2D eigenvalue weighted by Crippen LogP contribution is 2.46. The zero-order chi connectivity index (χ0) is 21.1. The first-order chi connectivity index (χ1) is 14.5. The second-order valence-corrected chi connectivity index (χ2v) is 9.18. The Morgan fingerprint density at radius 3 is 2.33 bits per heavy atom. The second kappa shape index (κ2) is 8.58. The molecule has 0 radical (unpaired) electrons. The van der Waals surface area contributed by atoms with Gasteiger partial charge in [-0.2, -0.15) is 0 Å². The van der Waals surface area contributed by atoms with Crippen LogP contribution >= 0.6 is 0 Å². The normalized spacial score (nSPS) is 18.9. The topological polar surface area (TPSA) is 73.4 Å². The Labute approximate surface area is 179 Å². The number of carbonyl (C=O) groups is 1. The summed E-state index contributed by atoms with van der Waals surface area (Å²) in [4.78, 5) is 13.7. The summed E-state index contributed by atoms with van der Waals surface area (Å²) in [5, 5.41) is 20.8. The monoisotopic (exact) mass is 407 g/mol. The van der Waals surface area contributed by atoms with E-state index in [4.69, 9.17) is 0 Å². The summed E-state index contributed by atoms with van der Waals surface area (Å²) in [5.74, 6) is 0.274. The molecule has 1 fully saturated rings. The lowest BCUT2D eigenvalue weighted by Gasteiger charge is -2.40. The Kier molecular flexibility index (Phi) is 5.89. The van der Waals surface area contributed by atoms with Crippen LogP contribution in [0.2, 0.25) is 0 Å². The number of rotatable bonds is 6. The minimum atomic E-state index is -0.814. The van der Waals surface area contributed by atoms with Crippen molar-refractivity contribution in [2.24, 2.45) is 11.8 Å². The molecule has 1 atom stereocenters. The summed E-state index contributed by atoms with van der Waals surface area (Å²) in [6.07, 6.45) is 6.45. The van der Waals surface area contributed by atoms with Crippen molar-refractivity contribution in [3.63, 3.8) is 0 Å². The van der Waals surface area contributed by atoms with Crippen LogP contribution in [0.3, 0.4) is 0 Å². The molecule has 1 heterocycles. The molecular weight excluding hydrogens is 374 g/mol. The Morgan fingerprint density at radius 2 is 1.73 bits per heavy atom. The van der Waals surface area contributed by atoms with E-state index in [2.05, 4.69) is 29.8 Å². The van der Waals surface area contributed by atoms with E-state index in [0.717, 1.165) is 36.2 Å². The number of amides is 1. The van der Waals surface area contributed by atoms with E-state index in [-0.39, 0.29) is 23.6 Å². The predicted octanol–water partition coefficient (Wildman–Crippen LogP) is 5.19. The first-order valence-corrected chi connectivity index (χ1v) is 11.2. The maximum absolute atomic E-state index is 13.7. The van der Waals surface area contributed by atoms with Crippen LogP contribution in [-0.4, -0.2) is 17.1 Å². The maximum Gasteiger partial charge on any atom is 0.228 e. The molecule has 0 saturated heterocycles. The quantitative estimate of drug-likeness (QED) is 0.531. The molecule has 1 aliphatic heterocycles. The van der Waals surface area contributed by atoms with Gasteiger partial charge in [-0.25, -0.2) is 0 Å². The zero-order valence-electron chi connectivity index (χ0n) is 17.9. The van der Waals surface area contributed by atoms with Crippen molar-refractivity contribution in [3.8, 4) is 5.75 Å². The van der Waals surface area contributed by atoms with Gasteiger partial charge in [0.05, 0.1) is 17.3 Å². The minimum absolute atomic E-state index is 0.0757. The average molecular weight is 408 g/mol. The van der Waals surface area contributed by atoms with E-state index in [1.807, 2.05) is 36.4 Å². The van der Waals surface area contributed by atoms with Gasteiger partial charge in [0.15, 0.2) is 0 Å². The maximum atomic E-state index is 13.7. The SMILES string of the molecule is CC(C)CC(C(=O)NC1CCCCC1)C1(c2cccc(O)c2)Nc2ccccc2N1. The lowest BCUT2D eigenvalue weighted by atomic mass is 9.79. The Morgan fingerprint density at radius 1 is 1.07 bits per heavy atom. The van der Waals surface area contributed by atoms with Crippen LogP contribution in [0.1, 0.15) is 57.9 Å². The van der Waals surface area contributed by atoms with Crippen molar-refractivity contribution in [1.29, 1.82) is 0 Å². The van der Waals surface area contributed by atoms with E-state index in [0.29, 0.717) is 5.92 Å². The third kappa shape index (κ3) is 4.11. The van der Waals surface area contributed by atoms with E-state index >= 15 is 0 Å². The molecule has 30 heavy (non-hydrogen) atoms. The fourth-order valence-electron chi connectivity index (χ4n) is 4.93. The molecule has 2 aromatic carbocycles. The molecule has 5 heteroatoms. The minimum Gasteiger partial charge on any atom is -0.508 e. The molecular formula is C25H33N3O2. The van der Waals surface area contributed by atoms with Crippen molar-refractivity contribution in [2.75, 3.05) is 10.6 Å². The highest BCUT2D eigenvalue weighted by molar-refractivity contribution is 5.86. The first kappa shape index (κ1) is 20.6. The van der Waals surface area contributed by atoms with Crippen molar-refractivity contribution in [1.82, 2.24) is 5.32 Å². The molecule has 1 saturated carbocycles.